The van der Waals surface area contributed by atoms with Gasteiger partial charge < -0.3 is 0 Å². The predicted molar refractivity (Wildman–Crippen MR) is 49.4 cm³/mol. The molecule has 2 aromatic carbocycles. The molecule has 0 aromatic heterocycles. The van der Waals surface area contributed by atoms with Crippen LogP contribution in [0.2, 0.25) is 0 Å². The van der Waals surface area contributed by atoms with Crippen LogP contribution in [-0.4, -0.2) is 4.92 Å². The molecule has 0 fully saturated rings. The summed E-state index contributed by atoms with van der Waals surface area (Å²) in [6, 6.07) is 13.0. The van der Waals surface area contributed by atoms with Crippen LogP contribution in [0, 0.1) is 16.2 Å². The summed E-state index contributed by atoms with van der Waals surface area (Å²) >= 11 is 0. The summed E-state index contributed by atoms with van der Waals surface area (Å²) in [5, 5.41) is 12.1. The van der Waals surface area contributed by atoms with E-state index >= 15 is 0 Å². The summed E-state index contributed by atoms with van der Waals surface area (Å²) in [5.41, 5.74) is 0.134. The molecule has 0 aliphatic carbocycles. The highest BCUT2D eigenvalue weighted by Gasteiger charge is 2.08. The maximum Gasteiger partial charge on any atom is 0.277 e. The summed E-state index contributed by atoms with van der Waals surface area (Å²) < 4.78 is 0. The van der Waals surface area contributed by atoms with E-state index in [1.165, 1.54) is 6.07 Å². The molecule has 0 saturated heterocycles. The molecule has 0 aliphatic rings. The Morgan fingerprint density at radius 1 is 1.31 bits per heavy atom. The number of fused-ring (bicyclic) bond motifs is 1. The van der Waals surface area contributed by atoms with E-state index in [1.54, 1.807) is 18.2 Å². The fraction of sp³-hybridized carbons (Fsp3) is 0. The van der Waals surface area contributed by atoms with E-state index in [1.807, 2.05) is 12.1 Å². The zero-order chi connectivity index (χ0) is 9.26. The predicted octanol–water partition coefficient (Wildman–Crippen LogP) is 2.55. The van der Waals surface area contributed by atoms with E-state index in [2.05, 4.69) is 6.07 Å². The first-order valence-electron chi connectivity index (χ1n) is 3.82. The van der Waals surface area contributed by atoms with Crippen molar-refractivity contribution in [1.82, 2.24) is 0 Å². The number of nitro benzene ring substituents is 1. The maximum atomic E-state index is 10.6. The first kappa shape index (κ1) is 7.73. The van der Waals surface area contributed by atoms with Gasteiger partial charge in [0.1, 0.15) is 0 Å². The van der Waals surface area contributed by atoms with Gasteiger partial charge in [0.2, 0.25) is 0 Å². The van der Waals surface area contributed by atoms with Gasteiger partial charge in [-0.1, -0.05) is 24.3 Å². The lowest BCUT2D eigenvalue weighted by atomic mass is 10.1. The monoisotopic (exact) mass is 172 g/mol. The van der Waals surface area contributed by atoms with E-state index in [-0.39, 0.29) is 10.6 Å². The Bertz CT molecular complexity index is 460. The van der Waals surface area contributed by atoms with Crippen molar-refractivity contribution in [3.8, 4) is 0 Å². The van der Waals surface area contributed by atoms with Crippen molar-refractivity contribution >= 4 is 16.5 Å². The molecule has 0 saturated carbocycles. The first-order valence-corrected chi connectivity index (χ1v) is 3.82. The van der Waals surface area contributed by atoms with Crippen LogP contribution >= 0.6 is 0 Å². The lowest BCUT2D eigenvalue weighted by Crippen LogP contribution is -1.88. The molecule has 2 aromatic rings. The zero-order valence-electron chi connectivity index (χ0n) is 6.73. The van der Waals surface area contributed by atoms with E-state index < -0.39 is 0 Å². The number of nitrogens with zero attached hydrogens (tertiary/aromatic N) is 1. The van der Waals surface area contributed by atoms with Gasteiger partial charge in [0.15, 0.2) is 0 Å². The second-order valence-corrected chi connectivity index (χ2v) is 2.68. The van der Waals surface area contributed by atoms with Gasteiger partial charge in [0.05, 0.1) is 10.3 Å². The topological polar surface area (TPSA) is 43.1 Å². The molecule has 3 heteroatoms. The largest absolute Gasteiger partial charge is 0.277 e. The number of non-ortho nitro benzene ring substituents is 1. The highest BCUT2D eigenvalue weighted by Crippen LogP contribution is 2.24. The molecular weight excluding hydrogens is 166 g/mol. The number of benzene rings is 2. The fourth-order valence-corrected chi connectivity index (χ4v) is 1.30. The molecule has 0 aliphatic heterocycles. The van der Waals surface area contributed by atoms with E-state index in [9.17, 15) is 10.1 Å². The summed E-state index contributed by atoms with van der Waals surface area (Å²) in [7, 11) is 0. The van der Waals surface area contributed by atoms with Crippen molar-refractivity contribution in [1.29, 1.82) is 0 Å². The highest BCUT2D eigenvalue weighted by atomic mass is 16.6. The van der Waals surface area contributed by atoms with Gasteiger partial charge in [-0.25, -0.2) is 0 Å². The average molecular weight is 172 g/mol. The SMILES string of the molecule is O=[N+]([O-])c1cccc2cc[c]cc12. The Morgan fingerprint density at radius 3 is 2.92 bits per heavy atom. The standard InChI is InChI=1S/C10H6NO2/c12-11(13)10-7-3-5-8-4-1-2-6-9(8)10/h1,3-7H. The minimum atomic E-state index is -0.379. The minimum Gasteiger partial charge on any atom is -0.258 e. The van der Waals surface area contributed by atoms with Crippen molar-refractivity contribution < 1.29 is 4.92 Å². The molecule has 0 amide bonds. The van der Waals surface area contributed by atoms with Crippen molar-refractivity contribution in [2.24, 2.45) is 0 Å². The quantitative estimate of drug-likeness (QED) is 0.490. The molecule has 0 atom stereocenters. The van der Waals surface area contributed by atoms with Crippen LogP contribution in [0.3, 0.4) is 0 Å². The molecule has 63 valence electrons. The normalized spacial score (nSPS) is 10.2. The van der Waals surface area contributed by atoms with Crippen molar-refractivity contribution in [2.75, 3.05) is 0 Å². The number of hydrogen-bond donors (Lipinski definition) is 0. The van der Waals surface area contributed by atoms with Crippen LogP contribution in [-0.2, 0) is 0 Å². The van der Waals surface area contributed by atoms with Crippen LogP contribution in [0.5, 0.6) is 0 Å². The summed E-state index contributed by atoms with van der Waals surface area (Å²) in [4.78, 5) is 10.2. The number of rotatable bonds is 1. The second kappa shape index (κ2) is 2.86. The Kier molecular flexibility index (Phi) is 1.70. The number of hydrogen-bond acceptors (Lipinski definition) is 2. The Labute approximate surface area is 74.8 Å². The lowest BCUT2D eigenvalue weighted by Gasteiger charge is -1.96. The Hall–Kier alpha value is -1.90. The molecule has 0 unspecified atom stereocenters. The highest BCUT2D eigenvalue weighted by molar-refractivity contribution is 5.90. The Morgan fingerprint density at radius 2 is 2.15 bits per heavy atom. The van der Waals surface area contributed by atoms with Gasteiger partial charge in [0.25, 0.3) is 5.69 Å². The Balaban J connectivity index is 2.83. The van der Waals surface area contributed by atoms with Crippen molar-refractivity contribution in [3.63, 3.8) is 0 Å². The zero-order valence-corrected chi connectivity index (χ0v) is 6.73. The molecule has 13 heavy (non-hydrogen) atoms. The van der Waals surface area contributed by atoms with Gasteiger partial charge >= 0.3 is 0 Å². The summed E-state index contributed by atoms with van der Waals surface area (Å²) in [6.07, 6.45) is 0. The van der Waals surface area contributed by atoms with Gasteiger partial charge in [-0.05, 0) is 17.5 Å². The second-order valence-electron chi connectivity index (χ2n) is 2.68. The molecule has 0 heterocycles. The third-order valence-corrected chi connectivity index (χ3v) is 1.90. The number of nitro groups is 1. The summed E-state index contributed by atoms with van der Waals surface area (Å²) in [6.45, 7) is 0. The van der Waals surface area contributed by atoms with Gasteiger partial charge in [0, 0.05) is 6.07 Å². The van der Waals surface area contributed by atoms with Crippen molar-refractivity contribution in [3.05, 3.63) is 52.6 Å². The average Bonchev–Trinajstić information content (AvgIpc) is 2.17. The molecular formula is C10H6NO2. The van der Waals surface area contributed by atoms with E-state index in [0.29, 0.717) is 5.39 Å². The van der Waals surface area contributed by atoms with Gasteiger partial charge in [-0.3, -0.25) is 10.1 Å². The van der Waals surface area contributed by atoms with Crippen molar-refractivity contribution in [2.45, 2.75) is 0 Å². The van der Waals surface area contributed by atoms with Gasteiger partial charge in [-0.2, -0.15) is 0 Å². The van der Waals surface area contributed by atoms with Crippen LogP contribution in [0.25, 0.3) is 10.8 Å². The molecule has 1 radical (unpaired) electrons. The van der Waals surface area contributed by atoms with Crippen LogP contribution in [0.4, 0.5) is 5.69 Å². The van der Waals surface area contributed by atoms with Crippen LogP contribution in [0.1, 0.15) is 0 Å². The van der Waals surface area contributed by atoms with E-state index in [0.717, 1.165) is 5.39 Å². The molecule has 2 rings (SSSR count). The minimum absolute atomic E-state index is 0.134. The fourth-order valence-electron chi connectivity index (χ4n) is 1.30. The van der Waals surface area contributed by atoms with Gasteiger partial charge in [-0.15, -0.1) is 0 Å². The van der Waals surface area contributed by atoms with E-state index in [4.69, 9.17) is 0 Å². The third-order valence-electron chi connectivity index (χ3n) is 1.90. The maximum absolute atomic E-state index is 10.6. The third kappa shape index (κ3) is 1.24. The summed E-state index contributed by atoms with van der Waals surface area (Å²) in [5.74, 6) is 0. The molecule has 3 nitrogen and oxygen atoms in total. The lowest BCUT2D eigenvalue weighted by molar-refractivity contribution is -0.383. The first-order chi connectivity index (χ1) is 6.29. The van der Waals surface area contributed by atoms with Crippen LogP contribution < -0.4 is 0 Å². The van der Waals surface area contributed by atoms with Crippen LogP contribution in [0.15, 0.2) is 36.4 Å². The molecule has 0 spiro atoms. The molecule has 0 bridgehead atoms. The molecule has 0 N–H and O–H groups in total. The smallest absolute Gasteiger partial charge is 0.258 e.